The summed E-state index contributed by atoms with van der Waals surface area (Å²) < 4.78 is 1.70. The zero-order chi connectivity index (χ0) is 14.7. The Balaban J connectivity index is 2.31. The van der Waals surface area contributed by atoms with E-state index in [0.29, 0.717) is 17.9 Å². The molecule has 0 amide bonds. The molecule has 0 aliphatic heterocycles. The molecule has 8 nitrogen and oxygen atoms in total. The van der Waals surface area contributed by atoms with Gasteiger partial charge >= 0.3 is 5.97 Å². The number of rotatable bonds is 5. The van der Waals surface area contributed by atoms with Crippen LogP contribution in [0.15, 0.2) is 30.6 Å². The monoisotopic (exact) mass is 276 g/mol. The molecule has 0 radical (unpaired) electrons. The number of aromatic nitrogens is 2. The number of carbonyl (C=O) groups is 1. The molecule has 0 aliphatic rings. The molecule has 0 aliphatic carbocycles. The number of nitrogens with zero attached hydrogens (tertiary/aromatic N) is 3. The lowest BCUT2D eigenvalue weighted by Crippen LogP contribution is -2.03. The van der Waals surface area contributed by atoms with Gasteiger partial charge in [0.15, 0.2) is 0 Å². The van der Waals surface area contributed by atoms with Crippen LogP contribution in [0, 0.1) is 10.1 Å². The second kappa shape index (κ2) is 5.39. The van der Waals surface area contributed by atoms with Crippen molar-refractivity contribution in [2.24, 2.45) is 0 Å². The highest BCUT2D eigenvalue weighted by Crippen LogP contribution is 2.24. The van der Waals surface area contributed by atoms with E-state index in [1.165, 1.54) is 12.1 Å². The lowest BCUT2D eigenvalue weighted by Gasteiger charge is -2.05. The maximum Gasteiger partial charge on any atom is 0.342 e. The van der Waals surface area contributed by atoms with Crippen LogP contribution < -0.4 is 5.32 Å². The maximum absolute atomic E-state index is 11.0. The van der Waals surface area contributed by atoms with Gasteiger partial charge in [-0.05, 0) is 19.1 Å². The Kier molecular flexibility index (Phi) is 3.65. The summed E-state index contributed by atoms with van der Waals surface area (Å²) in [7, 11) is 0. The van der Waals surface area contributed by atoms with E-state index < -0.39 is 16.6 Å². The zero-order valence-corrected chi connectivity index (χ0v) is 10.6. The number of benzene rings is 1. The molecule has 0 bridgehead atoms. The van der Waals surface area contributed by atoms with Crippen molar-refractivity contribution in [3.63, 3.8) is 0 Å². The van der Waals surface area contributed by atoms with Gasteiger partial charge < -0.3 is 10.4 Å². The topological polar surface area (TPSA) is 110 Å². The van der Waals surface area contributed by atoms with Crippen molar-refractivity contribution in [2.45, 2.75) is 13.5 Å². The van der Waals surface area contributed by atoms with E-state index in [2.05, 4.69) is 10.4 Å². The molecule has 2 aromatic rings. The Morgan fingerprint density at radius 1 is 1.50 bits per heavy atom. The molecule has 2 rings (SSSR count). The Morgan fingerprint density at radius 3 is 2.80 bits per heavy atom. The first-order valence-corrected chi connectivity index (χ1v) is 5.82. The van der Waals surface area contributed by atoms with Crippen LogP contribution in [0.4, 0.5) is 17.1 Å². The van der Waals surface area contributed by atoms with Crippen molar-refractivity contribution in [3.05, 3.63) is 46.3 Å². The molecular weight excluding hydrogens is 264 g/mol. The van der Waals surface area contributed by atoms with Crippen LogP contribution in [0.2, 0.25) is 0 Å². The number of nitrogens with one attached hydrogen (secondary N) is 1. The van der Waals surface area contributed by atoms with Crippen molar-refractivity contribution in [2.75, 3.05) is 5.32 Å². The molecule has 1 heterocycles. The average Bonchev–Trinajstić information content (AvgIpc) is 2.86. The number of aromatic carboxylic acids is 1. The summed E-state index contributed by atoms with van der Waals surface area (Å²) in [5.41, 5.74) is 0.330. The van der Waals surface area contributed by atoms with E-state index in [-0.39, 0.29) is 5.56 Å². The molecule has 1 aromatic carbocycles. The molecule has 0 unspecified atom stereocenters. The number of carboxylic acids is 1. The van der Waals surface area contributed by atoms with E-state index in [0.717, 1.165) is 6.07 Å². The summed E-state index contributed by atoms with van der Waals surface area (Å²) >= 11 is 0. The van der Waals surface area contributed by atoms with Crippen molar-refractivity contribution in [1.29, 1.82) is 0 Å². The first-order chi connectivity index (χ1) is 9.51. The molecule has 0 atom stereocenters. The van der Waals surface area contributed by atoms with Crippen LogP contribution in [0.25, 0.3) is 0 Å². The average molecular weight is 276 g/mol. The Hall–Kier alpha value is -2.90. The third-order valence-corrected chi connectivity index (χ3v) is 2.67. The number of anilines is 2. The lowest BCUT2D eigenvalue weighted by molar-refractivity contribution is -0.385. The van der Waals surface area contributed by atoms with Gasteiger partial charge in [-0.3, -0.25) is 14.8 Å². The van der Waals surface area contributed by atoms with Gasteiger partial charge in [0.05, 0.1) is 16.8 Å². The minimum Gasteiger partial charge on any atom is -0.477 e. The predicted octanol–water partition coefficient (Wildman–Crippen LogP) is 2.25. The molecule has 0 saturated heterocycles. The second-order valence-electron chi connectivity index (χ2n) is 4.00. The second-order valence-corrected chi connectivity index (χ2v) is 4.00. The lowest BCUT2D eigenvalue weighted by atomic mass is 10.1. The van der Waals surface area contributed by atoms with Crippen molar-refractivity contribution >= 4 is 23.0 Å². The fourth-order valence-electron chi connectivity index (χ4n) is 1.71. The van der Waals surface area contributed by atoms with Crippen molar-refractivity contribution < 1.29 is 14.8 Å². The summed E-state index contributed by atoms with van der Waals surface area (Å²) in [4.78, 5) is 21.1. The molecule has 20 heavy (non-hydrogen) atoms. The van der Waals surface area contributed by atoms with Gasteiger partial charge in [0.2, 0.25) is 0 Å². The highest BCUT2D eigenvalue weighted by molar-refractivity contribution is 5.93. The molecule has 1 aromatic heterocycles. The number of nitro benzene ring substituents is 1. The van der Waals surface area contributed by atoms with Crippen molar-refractivity contribution in [1.82, 2.24) is 9.78 Å². The van der Waals surface area contributed by atoms with Crippen LogP contribution in [0.5, 0.6) is 0 Å². The van der Waals surface area contributed by atoms with E-state index in [9.17, 15) is 14.9 Å². The molecule has 0 saturated carbocycles. The third kappa shape index (κ3) is 2.74. The first kappa shape index (κ1) is 13.5. The summed E-state index contributed by atoms with van der Waals surface area (Å²) in [6, 6.07) is 3.84. The normalized spacial score (nSPS) is 10.2. The number of aryl methyl sites for hydroxylation is 1. The molecule has 2 N–H and O–H groups in total. The minimum atomic E-state index is -1.34. The first-order valence-electron chi connectivity index (χ1n) is 5.82. The van der Waals surface area contributed by atoms with Gasteiger partial charge in [-0.25, -0.2) is 4.79 Å². The van der Waals surface area contributed by atoms with Gasteiger partial charge in [0, 0.05) is 24.5 Å². The van der Waals surface area contributed by atoms with Crippen LogP contribution >= 0.6 is 0 Å². The molecule has 0 spiro atoms. The van der Waals surface area contributed by atoms with E-state index in [4.69, 9.17) is 5.11 Å². The van der Waals surface area contributed by atoms with Gasteiger partial charge in [0.1, 0.15) is 5.56 Å². The fourth-order valence-corrected chi connectivity index (χ4v) is 1.71. The van der Waals surface area contributed by atoms with Gasteiger partial charge in [0.25, 0.3) is 5.69 Å². The predicted molar refractivity (Wildman–Crippen MR) is 71.2 cm³/mol. The third-order valence-electron chi connectivity index (χ3n) is 2.67. The number of nitro groups is 1. The highest BCUT2D eigenvalue weighted by atomic mass is 16.6. The van der Waals surface area contributed by atoms with Crippen LogP contribution in [-0.2, 0) is 6.54 Å². The Labute approximate surface area is 113 Å². The van der Waals surface area contributed by atoms with Gasteiger partial charge in [-0.15, -0.1) is 0 Å². The SMILES string of the molecule is CCn1cc(Nc2ccc([N+](=O)[O-])c(C(=O)O)c2)cn1. The van der Waals surface area contributed by atoms with Crippen LogP contribution in [0.1, 0.15) is 17.3 Å². The fraction of sp³-hybridized carbons (Fsp3) is 0.167. The smallest absolute Gasteiger partial charge is 0.342 e. The van der Waals surface area contributed by atoms with Gasteiger partial charge in [-0.1, -0.05) is 0 Å². The van der Waals surface area contributed by atoms with Gasteiger partial charge in [-0.2, -0.15) is 5.10 Å². The number of carboxylic acid groups (broad SMARTS) is 1. The van der Waals surface area contributed by atoms with E-state index in [1.807, 2.05) is 6.92 Å². The highest BCUT2D eigenvalue weighted by Gasteiger charge is 2.20. The molecule has 104 valence electrons. The minimum absolute atomic E-state index is 0.358. The summed E-state index contributed by atoms with van der Waals surface area (Å²) in [5, 5.41) is 26.8. The van der Waals surface area contributed by atoms with Crippen molar-refractivity contribution in [3.8, 4) is 0 Å². The summed E-state index contributed by atoms with van der Waals surface area (Å²) in [6.07, 6.45) is 3.34. The quantitative estimate of drug-likeness (QED) is 0.640. The maximum atomic E-state index is 11.0. The Bertz CT molecular complexity index is 665. The molecule has 0 fully saturated rings. The summed E-state index contributed by atoms with van der Waals surface area (Å²) in [6.45, 7) is 2.65. The molecule has 8 heteroatoms. The van der Waals surface area contributed by atoms with E-state index in [1.54, 1.807) is 17.1 Å². The Morgan fingerprint density at radius 2 is 2.25 bits per heavy atom. The largest absolute Gasteiger partial charge is 0.477 e. The van der Waals surface area contributed by atoms with Crippen LogP contribution in [-0.4, -0.2) is 25.8 Å². The number of hydrogen-bond donors (Lipinski definition) is 2. The van der Waals surface area contributed by atoms with Crippen LogP contribution in [0.3, 0.4) is 0 Å². The molecular formula is C12H12N4O4. The van der Waals surface area contributed by atoms with E-state index >= 15 is 0 Å². The number of hydrogen-bond acceptors (Lipinski definition) is 5. The summed E-state index contributed by atoms with van der Waals surface area (Å²) in [5.74, 6) is -1.34. The zero-order valence-electron chi connectivity index (χ0n) is 10.6. The standard InChI is InChI=1S/C12H12N4O4/c1-2-15-7-9(6-13-15)14-8-3-4-11(16(19)20)10(5-8)12(17)18/h3-7,14H,2H2,1H3,(H,17,18).